The van der Waals surface area contributed by atoms with Crippen LogP contribution in [0.2, 0.25) is 15.3 Å². The summed E-state index contributed by atoms with van der Waals surface area (Å²) >= 11 is 16.2. The molecule has 0 bridgehead atoms. The number of halogens is 3. The maximum Gasteiger partial charge on any atom is 0.175 e. The monoisotopic (exact) mass is 183 g/mol. The molecule has 9 heavy (non-hydrogen) atoms. The molecule has 0 aliphatic rings. The molecule has 0 unspecified atom stereocenters. The maximum absolute atomic E-state index is 5.45. The summed E-state index contributed by atoms with van der Waals surface area (Å²) in [5, 5.41) is 10.1. The lowest BCUT2D eigenvalue weighted by molar-refractivity contribution is 0.866. The number of hydrogen-bond acceptors (Lipinski definition) is 3. The molecule has 0 aromatic carbocycles. The minimum Gasteiger partial charge on any atom is -0.116 e. The van der Waals surface area contributed by atoms with Gasteiger partial charge in [0.25, 0.3) is 0 Å². The minimum atomic E-state index is 0.0664. The van der Waals surface area contributed by atoms with E-state index in [9.17, 15) is 0 Å². The summed E-state index contributed by atoms with van der Waals surface area (Å²) in [5.41, 5.74) is 0. The zero-order chi connectivity index (χ0) is 6.85. The molecule has 0 aliphatic carbocycles. The molecule has 1 heterocycles. The fourth-order valence-corrected chi connectivity index (χ4v) is 0.644. The van der Waals surface area contributed by atoms with E-state index in [1.54, 1.807) is 0 Å². The Bertz CT molecular complexity index is 205. The van der Waals surface area contributed by atoms with E-state index in [1.165, 1.54) is 0 Å². The summed E-state index contributed by atoms with van der Waals surface area (Å²) < 4.78 is 0. The van der Waals surface area contributed by atoms with Gasteiger partial charge in [-0.3, -0.25) is 0 Å². The highest BCUT2D eigenvalue weighted by atomic mass is 35.5. The molecule has 0 aliphatic heterocycles. The van der Waals surface area contributed by atoms with Crippen LogP contribution >= 0.6 is 34.8 Å². The first kappa shape index (κ1) is 6.99. The Labute approximate surface area is 65.9 Å². The molecule has 0 fully saturated rings. The third kappa shape index (κ3) is 1.41. The molecule has 0 saturated heterocycles. The molecule has 1 rings (SSSR count). The third-order valence-electron chi connectivity index (χ3n) is 0.627. The molecular weight excluding hydrogens is 184 g/mol. The van der Waals surface area contributed by atoms with E-state index in [4.69, 9.17) is 34.8 Å². The highest BCUT2D eigenvalue weighted by molar-refractivity contribution is 6.46. The van der Waals surface area contributed by atoms with Crippen molar-refractivity contribution < 1.29 is 0 Å². The lowest BCUT2D eigenvalue weighted by Gasteiger charge is -1.90. The molecule has 0 N–H and O–H groups in total. The van der Waals surface area contributed by atoms with Crippen molar-refractivity contribution in [3.8, 4) is 0 Å². The summed E-state index contributed by atoms with van der Waals surface area (Å²) in [6.45, 7) is 0. The van der Waals surface area contributed by atoms with Crippen LogP contribution < -0.4 is 0 Å². The van der Waals surface area contributed by atoms with Crippen molar-refractivity contribution in [3.63, 3.8) is 0 Å². The highest BCUT2D eigenvalue weighted by Gasteiger charge is 2.03. The molecule has 0 amide bonds. The Morgan fingerprint density at radius 2 is 1.33 bits per heavy atom. The van der Waals surface area contributed by atoms with Crippen molar-refractivity contribution in [3.05, 3.63) is 15.3 Å². The van der Waals surface area contributed by atoms with Crippen LogP contribution in [0.25, 0.3) is 0 Å². The van der Waals surface area contributed by atoms with Crippen LogP contribution in [-0.4, -0.2) is 15.4 Å². The van der Waals surface area contributed by atoms with Crippen LogP contribution in [0.5, 0.6) is 0 Å². The molecular formula is C3Cl3N3. The van der Waals surface area contributed by atoms with E-state index >= 15 is 0 Å². The van der Waals surface area contributed by atoms with Crippen LogP contribution in [-0.2, 0) is 0 Å². The van der Waals surface area contributed by atoms with Gasteiger partial charge in [-0.25, -0.2) is 0 Å². The average Bonchev–Trinajstić information content (AvgIpc) is 1.83. The summed E-state index contributed by atoms with van der Waals surface area (Å²) in [6, 6.07) is 0. The van der Waals surface area contributed by atoms with E-state index in [-0.39, 0.29) is 15.3 Å². The molecule has 6 heteroatoms. The Balaban J connectivity index is 3.25. The van der Waals surface area contributed by atoms with Gasteiger partial charge < -0.3 is 0 Å². The Hall–Kier alpha value is -0.120. The SMILES string of the molecule is Clc1nnnc(Cl)c1Cl. The molecule has 0 saturated carbocycles. The summed E-state index contributed by atoms with van der Waals surface area (Å²) in [7, 11) is 0. The van der Waals surface area contributed by atoms with Crippen LogP contribution in [0.4, 0.5) is 0 Å². The normalized spacial score (nSPS) is 9.67. The second-order valence-electron chi connectivity index (χ2n) is 1.19. The zero-order valence-corrected chi connectivity index (χ0v) is 6.24. The predicted octanol–water partition coefficient (Wildman–Crippen LogP) is 1.83. The second kappa shape index (κ2) is 2.64. The van der Waals surface area contributed by atoms with Gasteiger partial charge >= 0.3 is 0 Å². The van der Waals surface area contributed by atoms with Gasteiger partial charge in [0.05, 0.1) is 0 Å². The number of rotatable bonds is 0. The third-order valence-corrected chi connectivity index (χ3v) is 1.71. The Kier molecular flexibility index (Phi) is 2.05. The first-order chi connectivity index (χ1) is 4.22. The van der Waals surface area contributed by atoms with E-state index in [0.717, 1.165) is 0 Å². The summed E-state index contributed by atoms with van der Waals surface area (Å²) in [6.07, 6.45) is 0. The molecule has 48 valence electrons. The number of hydrogen-bond donors (Lipinski definition) is 0. The summed E-state index contributed by atoms with van der Waals surface area (Å²) in [4.78, 5) is 0. The van der Waals surface area contributed by atoms with Crippen molar-refractivity contribution in [1.29, 1.82) is 0 Å². The van der Waals surface area contributed by atoms with Gasteiger partial charge in [-0.05, 0) is 5.21 Å². The average molecular weight is 184 g/mol. The van der Waals surface area contributed by atoms with E-state index in [1.807, 2.05) is 0 Å². The molecule has 3 nitrogen and oxygen atoms in total. The standard InChI is InChI=1S/C3Cl3N3/c4-1-2(5)7-9-8-3(1)6. The molecule has 0 atom stereocenters. The van der Waals surface area contributed by atoms with E-state index in [0.29, 0.717) is 0 Å². The van der Waals surface area contributed by atoms with Gasteiger partial charge in [-0.15, -0.1) is 10.2 Å². The van der Waals surface area contributed by atoms with Crippen molar-refractivity contribution in [2.45, 2.75) is 0 Å². The molecule has 1 aromatic rings. The largest absolute Gasteiger partial charge is 0.175 e. The van der Waals surface area contributed by atoms with Gasteiger partial charge in [-0.2, -0.15) is 0 Å². The van der Waals surface area contributed by atoms with Crippen molar-refractivity contribution in [2.24, 2.45) is 0 Å². The van der Waals surface area contributed by atoms with Gasteiger partial charge in [-0.1, -0.05) is 34.8 Å². The fourth-order valence-electron chi connectivity index (χ4n) is 0.274. The van der Waals surface area contributed by atoms with Crippen molar-refractivity contribution in [1.82, 2.24) is 15.4 Å². The fraction of sp³-hybridized carbons (Fsp3) is 0. The predicted molar refractivity (Wildman–Crippen MR) is 34.9 cm³/mol. The smallest absolute Gasteiger partial charge is 0.116 e. The highest BCUT2D eigenvalue weighted by Crippen LogP contribution is 2.23. The summed E-state index contributed by atoms with van der Waals surface area (Å²) in [5.74, 6) is 0. The van der Waals surface area contributed by atoms with E-state index in [2.05, 4.69) is 15.4 Å². The molecule has 0 spiro atoms. The molecule has 1 aromatic heterocycles. The van der Waals surface area contributed by atoms with Gasteiger partial charge in [0.1, 0.15) is 5.02 Å². The lowest BCUT2D eigenvalue weighted by Crippen LogP contribution is -1.88. The first-order valence-corrected chi connectivity index (χ1v) is 3.05. The van der Waals surface area contributed by atoms with Crippen LogP contribution in [0, 0.1) is 0 Å². The van der Waals surface area contributed by atoms with Gasteiger partial charge in [0, 0.05) is 0 Å². The number of aromatic nitrogens is 3. The minimum absolute atomic E-state index is 0.0664. The van der Waals surface area contributed by atoms with Crippen molar-refractivity contribution >= 4 is 34.8 Å². The zero-order valence-electron chi connectivity index (χ0n) is 3.98. The van der Waals surface area contributed by atoms with Crippen molar-refractivity contribution in [2.75, 3.05) is 0 Å². The lowest BCUT2D eigenvalue weighted by atomic mass is 10.7. The Morgan fingerprint density at radius 3 is 1.67 bits per heavy atom. The Morgan fingerprint density at radius 1 is 0.889 bits per heavy atom. The van der Waals surface area contributed by atoms with Crippen LogP contribution in [0.15, 0.2) is 0 Å². The topological polar surface area (TPSA) is 38.7 Å². The van der Waals surface area contributed by atoms with E-state index < -0.39 is 0 Å². The first-order valence-electron chi connectivity index (χ1n) is 1.91. The van der Waals surface area contributed by atoms with Gasteiger partial charge in [0.2, 0.25) is 0 Å². The van der Waals surface area contributed by atoms with Crippen LogP contribution in [0.1, 0.15) is 0 Å². The second-order valence-corrected chi connectivity index (χ2v) is 2.28. The number of nitrogens with zero attached hydrogens (tertiary/aromatic N) is 3. The maximum atomic E-state index is 5.45. The molecule has 0 radical (unpaired) electrons. The van der Waals surface area contributed by atoms with Crippen LogP contribution in [0.3, 0.4) is 0 Å². The quantitative estimate of drug-likeness (QED) is 0.617. The van der Waals surface area contributed by atoms with Gasteiger partial charge in [0.15, 0.2) is 10.3 Å².